The van der Waals surface area contributed by atoms with Crippen LogP contribution >= 0.6 is 0 Å². The van der Waals surface area contributed by atoms with Gasteiger partial charge in [0.25, 0.3) is 0 Å². The first-order valence-corrected chi connectivity index (χ1v) is 8.44. The van der Waals surface area contributed by atoms with Gasteiger partial charge in [-0.2, -0.15) is 5.10 Å². The van der Waals surface area contributed by atoms with Crippen LogP contribution in [0.15, 0.2) is 28.8 Å². The van der Waals surface area contributed by atoms with Gasteiger partial charge in [0.05, 0.1) is 5.92 Å². The number of piperidine rings is 1. The van der Waals surface area contributed by atoms with Crippen molar-refractivity contribution in [2.75, 3.05) is 18.4 Å². The largest absolute Gasteiger partial charge is 0.466 e. The molecular formula is C18H24N4O2. The van der Waals surface area contributed by atoms with E-state index in [2.05, 4.69) is 15.5 Å². The number of anilines is 1. The van der Waals surface area contributed by atoms with Gasteiger partial charge < -0.3 is 14.6 Å². The molecule has 2 aromatic rings. The fraction of sp³-hybridized carbons (Fsp3) is 0.500. The summed E-state index contributed by atoms with van der Waals surface area (Å²) in [6.45, 7) is 7.32. The first-order chi connectivity index (χ1) is 11.5. The number of aromatic nitrogens is 2. The Bertz CT molecular complexity index is 690. The van der Waals surface area contributed by atoms with E-state index in [4.69, 9.17) is 4.42 Å². The molecule has 1 aliphatic rings. The van der Waals surface area contributed by atoms with Crippen LogP contribution in [-0.4, -0.2) is 40.1 Å². The van der Waals surface area contributed by atoms with Crippen LogP contribution in [0.3, 0.4) is 0 Å². The molecule has 24 heavy (non-hydrogen) atoms. The van der Waals surface area contributed by atoms with Gasteiger partial charge in [0.1, 0.15) is 17.3 Å². The zero-order chi connectivity index (χ0) is 17.1. The molecule has 3 rings (SSSR count). The molecule has 0 saturated carbocycles. The minimum Gasteiger partial charge on any atom is -0.466 e. The standard InChI is InChI=1S/C18H24N4O2/c1-12-11-16(14(3)24-12)13(2)18(23)22-9-6-15(7-10-22)20-17-5-4-8-19-21-17/h4-5,8,11,13,15H,6-7,9-10H2,1-3H3,(H,20,21)/t13-/m0/s1. The minimum absolute atomic E-state index is 0.160. The van der Waals surface area contributed by atoms with Gasteiger partial charge in [-0.25, -0.2) is 0 Å². The van der Waals surface area contributed by atoms with E-state index in [1.54, 1.807) is 6.20 Å². The number of carbonyl (C=O) groups excluding carboxylic acids is 1. The normalized spacial score (nSPS) is 16.9. The van der Waals surface area contributed by atoms with Crippen LogP contribution in [0.25, 0.3) is 0 Å². The molecule has 0 unspecified atom stereocenters. The van der Waals surface area contributed by atoms with Crippen LogP contribution < -0.4 is 5.32 Å². The lowest BCUT2D eigenvalue weighted by Gasteiger charge is -2.34. The SMILES string of the molecule is Cc1cc([C@H](C)C(=O)N2CCC(Nc3cccnn3)CC2)c(C)o1. The average molecular weight is 328 g/mol. The van der Waals surface area contributed by atoms with E-state index in [0.717, 1.165) is 48.8 Å². The van der Waals surface area contributed by atoms with Gasteiger partial charge in [0, 0.05) is 30.9 Å². The lowest BCUT2D eigenvalue weighted by Crippen LogP contribution is -2.44. The first-order valence-electron chi connectivity index (χ1n) is 8.44. The van der Waals surface area contributed by atoms with Crippen molar-refractivity contribution < 1.29 is 9.21 Å². The lowest BCUT2D eigenvalue weighted by molar-refractivity contribution is -0.133. The Hall–Kier alpha value is -2.37. The van der Waals surface area contributed by atoms with Crippen LogP contribution in [0, 0.1) is 13.8 Å². The first kappa shape index (κ1) is 16.5. The molecule has 1 fully saturated rings. The smallest absolute Gasteiger partial charge is 0.229 e. The highest BCUT2D eigenvalue weighted by Gasteiger charge is 2.28. The van der Waals surface area contributed by atoms with Crippen LogP contribution in [0.1, 0.15) is 42.8 Å². The third-order valence-corrected chi connectivity index (χ3v) is 4.65. The maximum atomic E-state index is 12.8. The molecule has 1 N–H and O–H groups in total. The average Bonchev–Trinajstić information content (AvgIpc) is 2.93. The molecule has 0 aromatic carbocycles. The Morgan fingerprint density at radius 3 is 2.71 bits per heavy atom. The van der Waals surface area contributed by atoms with Crippen LogP contribution in [0.4, 0.5) is 5.82 Å². The molecule has 0 spiro atoms. The highest BCUT2D eigenvalue weighted by molar-refractivity contribution is 5.83. The topological polar surface area (TPSA) is 71.3 Å². The Morgan fingerprint density at radius 2 is 2.12 bits per heavy atom. The summed E-state index contributed by atoms with van der Waals surface area (Å²) >= 11 is 0. The summed E-state index contributed by atoms with van der Waals surface area (Å²) in [4.78, 5) is 14.7. The molecule has 3 heterocycles. The van der Waals surface area contributed by atoms with Crippen molar-refractivity contribution in [2.24, 2.45) is 0 Å². The Labute approximate surface area is 142 Å². The summed E-state index contributed by atoms with van der Waals surface area (Å²) in [5.74, 6) is 2.51. The molecule has 1 aliphatic heterocycles. The Balaban J connectivity index is 1.56. The zero-order valence-corrected chi connectivity index (χ0v) is 14.5. The molecule has 1 amide bonds. The van der Waals surface area contributed by atoms with Gasteiger partial charge in [-0.05, 0) is 51.8 Å². The van der Waals surface area contributed by atoms with Gasteiger partial charge in [0.15, 0.2) is 0 Å². The second kappa shape index (κ2) is 7.03. The lowest BCUT2D eigenvalue weighted by atomic mass is 9.97. The number of carbonyl (C=O) groups is 1. The molecule has 0 bridgehead atoms. The molecule has 1 saturated heterocycles. The predicted octanol–water partition coefficient (Wildman–Crippen LogP) is 2.89. The van der Waals surface area contributed by atoms with Crippen molar-refractivity contribution in [3.05, 3.63) is 41.5 Å². The van der Waals surface area contributed by atoms with Crippen molar-refractivity contribution in [1.29, 1.82) is 0 Å². The van der Waals surface area contributed by atoms with Crippen molar-refractivity contribution in [3.8, 4) is 0 Å². The summed E-state index contributed by atoms with van der Waals surface area (Å²) in [5, 5.41) is 11.3. The number of amides is 1. The predicted molar refractivity (Wildman–Crippen MR) is 91.9 cm³/mol. The summed E-state index contributed by atoms with van der Waals surface area (Å²) in [6, 6.07) is 6.08. The fourth-order valence-electron chi connectivity index (χ4n) is 3.32. The van der Waals surface area contributed by atoms with E-state index in [-0.39, 0.29) is 11.8 Å². The number of hydrogen-bond donors (Lipinski definition) is 1. The van der Waals surface area contributed by atoms with E-state index >= 15 is 0 Å². The summed E-state index contributed by atoms with van der Waals surface area (Å²) in [6.07, 6.45) is 3.49. The Morgan fingerprint density at radius 1 is 1.38 bits per heavy atom. The monoisotopic (exact) mass is 328 g/mol. The maximum Gasteiger partial charge on any atom is 0.229 e. The second-order valence-corrected chi connectivity index (χ2v) is 6.44. The van der Waals surface area contributed by atoms with E-state index in [9.17, 15) is 4.79 Å². The third kappa shape index (κ3) is 3.58. The summed E-state index contributed by atoms with van der Waals surface area (Å²) in [5.41, 5.74) is 0.998. The van der Waals surface area contributed by atoms with E-state index in [1.165, 1.54) is 0 Å². The number of rotatable bonds is 4. The number of nitrogens with one attached hydrogen (secondary N) is 1. The van der Waals surface area contributed by atoms with Gasteiger partial charge in [-0.1, -0.05) is 0 Å². The number of aryl methyl sites for hydroxylation is 2. The van der Waals surface area contributed by atoms with E-state index in [1.807, 2.05) is 43.9 Å². The van der Waals surface area contributed by atoms with Gasteiger partial charge in [0.2, 0.25) is 5.91 Å². The van der Waals surface area contributed by atoms with Crippen LogP contribution in [0.5, 0.6) is 0 Å². The molecule has 6 nitrogen and oxygen atoms in total. The van der Waals surface area contributed by atoms with Crippen molar-refractivity contribution in [2.45, 2.75) is 45.6 Å². The van der Waals surface area contributed by atoms with Crippen molar-refractivity contribution in [3.63, 3.8) is 0 Å². The fourth-order valence-corrected chi connectivity index (χ4v) is 3.32. The summed E-state index contributed by atoms with van der Waals surface area (Å²) < 4.78 is 5.56. The number of likely N-dealkylation sites (tertiary alicyclic amines) is 1. The quantitative estimate of drug-likeness (QED) is 0.934. The highest BCUT2D eigenvalue weighted by atomic mass is 16.3. The number of nitrogens with zero attached hydrogens (tertiary/aromatic N) is 3. The number of hydrogen-bond acceptors (Lipinski definition) is 5. The van der Waals surface area contributed by atoms with Crippen LogP contribution in [0.2, 0.25) is 0 Å². The molecule has 1 atom stereocenters. The number of furan rings is 1. The third-order valence-electron chi connectivity index (χ3n) is 4.65. The minimum atomic E-state index is -0.160. The second-order valence-electron chi connectivity index (χ2n) is 6.44. The zero-order valence-electron chi connectivity index (χ0n) is 14.5. The van der Waals surface area contributed by atoms with Gasteiger partial charge >= 0.3 is 0 Å². The van der Waals surface area contributed by atoms with Crippen molar-refractivity contribution >= 4 is 11.7 Å². The van der Waals surface area contributed by atoms with Gasteiger partial charge in [-0.3, -0.25) is 4.79 Å². The summed E-state index contributed by atoms with van der Waals surface area (Å²) in [7, 11) is 0. The molecule has 128 valence electrons. The van der Waals surface area contributed by atoms with Crippen LogP contribution in [-0.2, 0) is 4.79 Å². The van der Waals surface area contributed by atoms with E-state index in [0.29, 0.717) is 6.04 Å². The van der Waals surface area contributed by atoms with Gasteiger partial charge in [-0.15, -0.1) is 5.10 Å². The highest BCUT2D eigenvalue weighted by Crippen LogP contribution is 2.26. The molecule has 6 heteroatoms. The molecule has 0 radical (unpaired) electrons. The van der Waals surface area contributed by atoms with Crippen molar-refractivity contribution in [1.82, 2.24) is 15.1 Å². The molecule has 2 aromatic heterocycles. The van der Waals surface area contributed by atoms with E-state index < -0.39 is 0 Å². The molecular weight excluding hydrogens is 304 g/mol. The molecule has 0 aliphatic carbocycles. The Kier molecular flexibility index (Phi) is 4.83. The maximum absolute atomic E-state index is 12.8.